The molecule has 3 rings (SSSR count). The molecule has 0 aliphatic heterocycles. The van der Waals surface area contributed by atoms with E-state index in [1.165, 1.54) is 23.5 Å². The van der Waals surface area contributed by atoms with Crippen LogP contribution in [0.5, 0.6) is 0 Å². The average Bonchev–Trinajstić information content (AvgIpc) is 2.99. The highest BCUT2D eigenvalue weighted by Crippen LogP contribution is 2.22. The number of Topliss-reactive ketones (excluding diaryl/α,β-unsaturated/α-hetero) is 1. The fourth-order valence-electron chi connectivity index (χ4n) is 1.99. The van der Waals surface area contributed by atoms with Crippen LogP contribution in [0.2, 0.25) is 10.0 Å². The van der Waals surface area contributed by atoms with E-state index >= 15 is 0 Å². The number of carbonyl (C=O) groups is 2. The van der Waals surface area contributed by atoms with Gasteiger partial charge in [-0.05, 0) is 36.4 Å². The Balaban J connectivity index is 1.69. The van der Waals surface area contributed by atoms with Gasteiger partial charge < -0.3 is 4.74 Å². The van der Waals surface area contributed by atoms with Crippen molar-refractivity contribution in [3.63, 3.8) is 0 Å². The maximum absolute atomic E-state index is 12.1. The van der Waals surface area contributed by atoms with E-state index in [9.17, 15) is 9.59 Å². The van der Waals surface area contributed by atoms with Crippen LogP contribution in [0.1, 0.15) is 20.7 Å². The van der Waals surface area contributed by atoms with E-state index in [0.29, 0.717) is 10.6 Å². The minimum Gasteiger partial charge on any atom is -0.454 e. The first-order valence-electron chi connectivity index (χ1n) is 6.53. The summed E-state index contributed by atoms with van der Waals surface area (Å²) >= 11 is 13.2. The Labute approximate surface area is 145 Å². The summed E-state index contributed by atoms with van der Waals surface area (Å²) in [7, 11) is 0. The number of nitrogens with zero attached hydrogens (tertiary/aromatic N) is 1. The number of benzene rings is 2. The average molecular weight is 366 g/mol. The number of fused-ring (bicyclic) bond motifs is 1. The van der Waals surface area contributed by atoms with Crippen molar-refractivity contribution in [2.24, 2.45) is 0 Å². The monoisotopic (exact) mass is 365 g/mol. The van der Waals surface area contributed by atoms with E-state index < -0.39 is 5.97 Å². The fourth-order valence-corrected chi connectivity index (χ4v) is 3.22. The molecule has 0 radical (unpaired) electrons. The summed E-state index contributed by atoms with van der Waals surface area (Å²) in [5, 5.41) is 0.658. The Hall–Kier alpha value is -1.95. The topological polar surface area (TPSA) is 56.3 Å². The Morgan fingerprint density at radius 2 is 1.96 bits per heavy atom. The summed E-state index contributed by atoms with van der Waals surface area (Å²) in [5.74, 6) is -0.961. The van der Waals surface area contributed by atoms with Gasteiger partial charge in [-0.25, -0.2) is 9.78 Å². The molecular weight excluding hydrogens is 357 g/mol. The van der Waals surface area contributed by atoms with Crippen molar-refractivity contribution in [3.05, 3.63) is 63.1 Å². The number of ether oxygens (including phenoxy) is 1. The number of ketones is 1. The van der Waals surface area contributed by atoms with Crippen molar-refractivity contribution in [1.29, 1.82) is 0 Å². The van der Waals surface area contributed by atoms with Gasteiger partial charge in [0, 0.05) is 10.6 Å². The first kappa shape index (κ1) is 15.9. The van der Waals surface area contributed by atoms with Crippen molar-refractivity contribution in [2.45, 2.75) is 0 Å². The molecule has 0 spiro atoms. The SMILES string of the molecule is O=C(OCC(=O)c1ccc(Cl)cc1Cl)c1ccc2ncsc2c1. The molecular formula is C16H9Cl2NO3S. The van der Waals surface area contributed by atoms with E-state index in [0.717, 1.165) is 10.2 Å². The molecule has 7 heteroatoms. The van der Waals surface area contributed by atoms with Gasteiger partial charge in [-0.15, -0.1) is 11.3 Å². The molecule has 1 aromatic heterocycles. The maximum Gasteiger partial charge on any atom is 0.338 e. The summed E-state index contributed by atoms with van der Waals surface area (Å²) in [6.07, 6.45) is 0. The van der Waals surface area contributed by atoms with Crippen LogP contribution in [0.4, 0.5) is 0 Å². The molecule has 0 saturated carbocycles. The van der Waals surface area contributed by atoms with Gasteiger partial charge in [0.05, 0.1) is 26.3 Å². The van der Waals surface area contributed by atoms with E-state index in [4.69, 9.17) is 27.9 Å². The van der Waals surface area contributed by atoms with Gasteiger partial charge in [0.25, 0.3) is 0 Å². The number of aromatic nitrogens is 1. The van der Waals surface area contributed by atoms with Crippen LogP contribution < -0.4 is 0 Å². The quantitative estimate of drug-likeness (QED) is 0.499. The molecule has 0 N–H and O–H groups in total. The smallest absolute Gasteiger partial charge is 0.338 e. The van der Waals surface area contributed by atoms with Gasteiger partial charge in [0.1, 0.15) is 0 Å². The van der Waals surface area contributed by atoms with Crippen LogP contribution in [-0.2, 0) is 4.74 Å². The van der Waals surface area contributed by atoms with Crippen LogP contribution in [-0.4, -0.2) is 23.3 Å². The molecule has 3 aromatic rings. The third-order valence-corrected chi connectivity index (χ3v) is 4.47. The lowest BCUT2D eigenvalue weighted by atomic mass is 10.1. The Morgan fingerprint density at radius 1 is 1.13 bits per heavy atom. The highest BCUT2D eigenvalue weighted by atomic mass is 35.5. The molecule has 0 amide bonds. The zero-order valence-corrected chi connectivity index (χ0v) is 13.9. The molecule has 0 aliphatic rings. The Kier molecular flexibility index (Phi) is 4.61. The number of carbonyl (C=O) groups excluding carboxylic acids is 2. The number of hydrogen-bond donors (Lipinski definition) is 0. The normalized spacial score (nSPS) is 10.7. The molecule has 1 heterocycles. The van der Waals surface area contributed by atoms with E-state index in [1.54, 1.807) is 29.8 Å². The molecule has 2 aromatic carbocycles. The Morgan fingerprint density at radius 3 is 2.74 bits per heavy atom. The van der Waals surface area contributed by atoms with E-state index in [-0.39, 0.29) is 23.0 Å². The minimum absolute atomic E-state index is 0.227. The first-order valence-corrected chi connectivity index (χ1v) is 8.17. The van der Waals surface area contributed by atoms with Gasteiger partial charge >= 0.3 is 5.97 Å². The highest BCUT2D eigenvalue weighted by Gasteiger charge is 2.15. The molecule has 4 nitrogen and oxygen atoms in total. The van der Waals surface area contributed by atoms with Crippen LogP contribution in [0, 0.1) is 0 Å². The first-order chi connectivity index (χ1) is 11.0. The lowest BCUT2D eigenvalue weighted by Crippen LogP contribution is -2.14. The fraction of sp³-hybridized carbons (Fsp3) is 0.0625. The van der Waals surface area contributed by atoms with E-state index in [1.807, 2.05) is 0 Å². The highest BCUT2D eigenvalue weighted by molar-refractivity contribution is 7.16. The summed E-state index contributed by atoms with van der Waals surface area (Å²) in [6.45, 7) is -0.388. The van der Waals surface area contributed by atoms with Crippen LogP contribution in [0.3, 0.4) is 0 Å². The standard InChI is InChI=1S/C16H9Cl2NO3S/c17-10-2-3-11(12(18)6-10)14(20)7-22-16(21)9-1-4-13-15(5-9)23-8-19-13/h1-6,8H,7H2. The third kappa shape index (κ3) is 3.52. The number of thiazole rings is 1. The van der Waals surface area contributed by atoms with Gasteiger partial charge in [-0.3, -0.25) is 4.79 Å². The van der Waals surface area contributed by atoms with Crippen molar-refractivity contribution >= 4 is 56.5 Å². The zero-order valence-electron chi connectivity index (χ0n) is 11.6. The number of halogens is 2. The third-order valence-electron chi connectivity index (χ3n) is 3.13. The lowest BCUT2D eigenvalue weighted by molar-refractivity contribution is 0.0475. The second kappa shape index (κ2) is 6.66. The van der Waals surface area contributed by atoms with Gasteiger partial charge in [-0.2, -0.15) is 0 Å². The van der Waals surface area contributed by atoms with Crippen molar-refractivity contribution in [2.75, 3.05) is 6.61 Å². The summed E-state index contributed by atoms with van der Waals surface area (Å²) in [5.41, 5.74) is 3.15. The number of hydrogen-bond acceptors (Lipinski definition) is 5. The molecule has 23 heavy (non-hydrogen) atoms. The van der Waals surface area contributed by atoms with E-state index in [2.05, 4.69) is 4.98 Å². The van der Waals surface area contributed by atoms with Gasteiger partial charge in [-0.1, -0.05) is 23.2 Å². The maximum atomic E-state index is 12.1. The zero-order chi connectivity index (χ0) is 16.4. The summed E-state index contributed by atoms with van der Waals surface area (Å²) in [6, 6.07) is 9.57. The largest absolute Gasteiger partial charge is 0.454 e. The minimum atomic E-state index is -0.571. The number of rotatable bonds is 4. The molecule has 0 fully saturated rings. The molecule has 0 bridgehead atoms. The van der Waals surface area contributed by atoms with Crippen LogP contribution >= 0.6 is 34.5 Å². The predicted octanol–water partition coefficient (Wildman–Crippen LogP) is 4.64. The second-order valence-corrected chi connectivity index (χ2v) is 6.39. The molecule has 116 valence electrons. The molecule has 0 saturated heterocycles. The number of esters is 1. The van der Waals surface area contributed by atoms with Crippen molar-refractivity contribution in [3.8, 4) is 0 Å². The molecule has 0 atom stereocenters. The lowest BCUT2D eigenvalue weighted by Gasteiger charge is -2.06. The predicted molar refractivity (Wildman–Crippen MR) is 90.7 cm³/mol. The van der Waals surface area contributed by atoms with Crippen molar-refractivity contribution < 1.29 is 14.3 Å². The molecule has 0 aliphatic carbocycles. The summed E-state index contributed by atoms with van der Waals surface area (Å²) in [4.78, 5) is 28.2. The van der Waals surface area contributed by atoms with Gasteiger partial charge in [0.15, 0.2) is 6.61 Å². The summed E-state index contributed by atoms with van der Waals surface area (Å²) < 4.78 is 5.94. The molecule has 0 unspecified atom stereocenters. The van der Waals surface area contributed by atoms with Gasteiger partial charge in [0.2, 0.25) is 5.78 Å². The Bertz CT molecular complexity index is 907. The van der Waals surface area contributed by atoms with Crippen LogP contribution in [0.25, 0.3) is 10.2 Å². The van der Waals surface area contributed by atoms with Crippen molar-refractivity contribution in [1.82, 2.24) is 4.98 Å². The second-order valence-electron chi connectivity index (χ2n) is 4.66. The van der Waals surface area contributed by atoms with Crippen LogP contribution in [0.15, 0.2) is 41.9 Å².